The van der Waals surface area contributed by atoms with Gasteiger partial charge in [0.25, 0.3) is 5.91 Å². The number of phenols is 1. The second kappa shape index (κ2) is 5.75. The number of phenolic OH excluding ortho intramolecular Hbond substituents is 1. The second-order valence-electron chi connectivity index (χ2n) is 4.49. The van der Waals surface area contributed by atoms with E-state index in [0.29, 0.717) is 15.8 Å². The fourth-order valence-electron chi connectivity index (χ4n) is 1.82. The largest absolute Gasteiger partial charge is 0.506 e. The fraction of sp³-hybridized carbons (Fsp3) is 0.0667. The lowest BCUT2D eigenvalue weighted by atomic mass is 10.2. The first kappa shape index (κ1) is 13.9. The van der Waals surface area contributed by atoms with E-state index in [9.17, 15) is 9.90 Å². The van der Waals surface area contributed by atoms with Gasteiger partial charge in [-0.15, -0.1) is 11.3 Å². The minimum Gasteiger partial charge on any atom is -0.506 e. The number of rotatable bonds is 2. The Labute approximate surface area is 130 Å². The summed E-state index contributed by atoms with van der Waals surface area (Å²) in [6.45, 7) is 1.89. The molecular formula is C15H12N2O2S2. The average molecular weight is 316 g/mol. The molecule has 1 aliphatic rings. The SMILES string of the molecule is Cc1ccc(N=C2NC(=O)/C(=C/c3cccs3)S2)c(O)c1. The number of thioether (sulfide) groups is 1. The summed E-state index contributed by atoms with van der Waals surface area (Å²) in [5, 5.41) is 15.0. The first-order valence-electron chi connectivity index (χ1n) is 6.24. The van der Waals surface area contributed by atoms with Crippen LogP contribution in [0, 0.1) is 6.92 Å². The van der Waals surface area contributed by atoms with Crippen molar-refractivity contribution in [2.24, 2.45) is 4.99 Å². The standard InChI is InChI=1S/C15H12N2O2S2/c1-9-4-5-11(12(18)7-9)16-15-17-14(19)13(21-15)8-10-3-2-6-20-10/h2-8,18H,1H3,(H,16,17,19)/b13-8-. The van der Waals surface area contributed by atoms with Crippen molar-refractivity contribution in [3.63, 3.8) is 0 Å². The van der Waals surface area contributed by atoms with Crippen molar-refractivity contribution < 1.29 is 9.90 Å². The predicted molar refractivity (Wildman–Crippen MR) is 88.0 cm³/mol. The highest BCUT2D eigenvalue weighted by atomic mass is 32.2. The highest BCUT2D eigenvalue weighted by molar-refractivity contribution is 8.18. The van der Waals surface area contributed by atoms with Gasteiger partial charge in [0, 0.05) is 4.88 Å². The van der Waals surface area contributed by atoms with E-state index in [-0.39, 0.29) is 11.7 Å². The molecule has 2 N–H and O–H groups in total. The van der Waals surface area contributed by atoms with Gasteiger partial charge in [0.05, 0.1) is 4.91 Å². The molecule has 1 aromatic heterocycles. The van der Waals surface area contributed by atoms with Crippen molar-refractivity contribution >= 4 is 45.9 Å². The minimum atomic E-state index is -0.168. The molecule has 0 radical (unpaired) electrons. The average Bonchev–Trinajstić information content (AvgIpc) is 3.04. The normalized spacial score (nSPS) is 18.4. The molecule has 0 atom stereocenters. The number of hydrogen-bond acceptors (Lipinski definition) is 5. The Kier molecular flexibility index (Phi) is 3.81. The molecule has 1 amide bonds. The van der Waals surface area contributed by atoms with E-state index >= 15 is 0 Å². The zero-order chi connectivity index (χ0) is 14.8. The smallest absolute Gasteiger partial charge is 0.264 e. The summed E-state index contributed by atoms with van der Waals surface area (Å²) in [7, 11) is 0. The third-order valence-electron chi connectivity index (χ3n) is 2.82. The van der Waals surface area contributed by atoms with E-state index < -0.39 is 0 Å². The number of aromatic hydroxyl groups is 1. The number of amides is 1. The highest BCUT2D eigenvalue weighted by Crippen LogP contribution is 2.32. The lowest BCUT2D eigenvalue weighted by Gasteiger charge is -2.01. The minimum absolute atomic E-state index is 0.105. The fourth-order valence-corrected chi connectivity index (χ4v) is 3.38. The lowest BCUT2D eigenvalue weighted by molar-refractivity contribution is -0.115. The highest BCUT2D eigenvalue weighted by Gasteiger charge is 2.24. The van der Waals surface area contributed by atoms with E-state index in [0.717, 1.165) is 10.4 Å². The van der Waals surface area contributed by atoms with Crippen molar-refractivity contribution in [3.8, 4) is 5.75 Å². The molecule has 0 aliphatic carbocycles. The maximum Gasteiger partial charge on any atom is 0.264 e. The van der Waals surface area contributed by atoms with Crippen LogP contribution in [0.4, 0.5) is 5.69 Å². The quantitative estimate of drug-likeness (QED) is 0.831. The maximum absolute atomic E-state index is 11.9. The van der Waals surface area contributed by atoms with Crippen LogP contribution in [0.15, 0.2) is 45.6 Å². The Hall–Kier alpha value is -2.05. The second-order valence-corrected chi connectivity index (χ2v) is 6.50. The Balaban J connectivity index is 1.85. The molecule has 1 aromatic carbocycles. The molecule has 1 fully saturated rings. The van der Waals surface area contributed by atoms with Crippen molar-refractivity contribution in [1.29, 1.82) is 0 Å². The summed E-state index contributed by atoms with van der Waals surface area (Å²) in [5.74, 6) is -0.0632. The first-order valence-corrected chi connectivity index (χ1v) is 7.94. The maximum atomic E-state index is 11.9. The summed E-state index contributed by atoms with van der Waals surface area (Å²) < 4.78 is 0. The molecule has 2 heterocycles. The number of hydrogen-bond donors (Lipinski definition) is 2. The summed E-state index contributed by atoms with van der Waals surface area (Å²) in [5.41, 5.74) is 1.40. The third kappa shape index (κ3) is 3.17. The Morgan fingerprint density at radius 2 is 2.19 bits per heavy atom. The first-order chi connectivity index (χ1) is 10.1. The molecule has 0 unspecified atom stereocenters. The molecule has 106 valence electrons. The Bertz CT molecular complexity index is 749. The van der Waals surface area contributed by atoms with E-state index in [2.05, 4.69) is 10.3 Å². The van der Waals surface area contributed by atoms with Gasteiger partial charge < -0.3 is 10.4 Å². The number of nitrogens with one attached hydrogen (secondary N) is 1. The summed E-state index contributed by atoms with van der Waals surface area (Å²) in [4.78, 5) is 17.8. The van der Waals surface area contributed by atoms with Crippen LogP contribution in [0.25, 0.3) is 6.08 Å². The van der Waals surface area contributed by atoms with E-state index in [1.807, 2.05) is 36.6 Å². The molecular weight excluding hydrogens is 304 g/mol. The van der Waals surface area contributed by atoms with Crippen LogP contribution >= 0.6 is 23.1 Å². The zero-order valence-electron chi connectivity index (χ0n) is 11.2. The van der Waals surface area contributed by atoms with Gasteiger partial charge in [0.1, 0.15) is 11.4 Å². The Morgan fingerprint density at radius 1 is 1.33 bits per heavy atom. The molecule has 0 spiro atoms. The van der Waals surface area contributed by atoms with E-state index in [4.69, 9.17) is 0 Å². The molecule has 0 saturated carbocycles. The Morgan fingerprint density at radius 3 is 2.90 bits per heavy atom. The van der Waals surface area contributed by atoms with Crippen LogP contribution in [0.5, 0.6) is 5.75 Å². The third-order valence-corrected chi connectivity index (χ3v) is 4.55. The van der Waals surface area contributed by atoms with Crippen LogP contribution in [0.2, 0.25) is 0 Å². The number of carbonyl (C=O) groups is 1. The van der Waals surface area contributed by atoms with Crippen LogP contribution in [0.3, 0.4) is 0 Å². The molecule has 1 aliphatic heterocycles. The van der Waals surface area contributed by atoms with Crippen molar-refractivity contribution in [2.45, 2.75) is 6.92 Å². The molecule has 6 heteroatoms. The molecule has 2 aromatic rings. The molecule has 4 nitrogen and oxygen atoms in total. The lowest BCUT2D eigenvalue weighted by Crippen LogP contribution is -2.19. The van der Waals surface area contributed by atoms with Crippen molar-refractivity contribution in [2.75, 3.05) is 0 Å². The number of aryl methyl sites for hydroxylation is 1. The summed E-state index contributed by atoms with van der Waals surface area (Å²) in [6.07, 6.45) is 1.84. The van der Waals surface area contributed by atoms with Gasteiger partial charge in [0.2, 0.25) is 0 Å². The number of benzene rings is 1. The molecule has 21 heavy (non-hydrogen) atoms. The van der Waals surface area contributed by atoms with Gasteiger partial charge in [-0.2, -0.15) is 0 Å². The van der Waals surface area contributed by atoms with Crippen LogP contribution in [-0.4, -0.2) is 16.2 Å². The number of aliphatic imine (C=N–C) groups is 1. The molecule has 1 saturated heterocycles. The van der Waals surface area contributed by atoms with Gasteiger partial charge >= 0.3 is 0 Å². The van der Waals surface area contributed by atoms with Gasteiger partial charge in [-0.3, -0.25) is 4.79 Å². The van der Waals surface area contributed by atoms with Gasteiger partial charge in [-0.25, -0.2) is 4.99 Å². The van der Waals surface area contributed by atoms with E-state index in [1.54, 1.807) is 23.5 Å². The zero-order valence-corrected chi connectivity index (χ0v) is 12.8. The van der Waals surface area contributed by atoms with Crippen LogP contribution in [0.1, 0.15) is 10.4 Å². The van der Waals surface area contributed by atoms with E-state index in [1.165, 1.54) is 11.8 Å². The predicted octanol–water partition coefficient (Wildman–Crippen LogP) is 3.65. The van der Waals surface area contributed by atoms with Crippen LogP contribution < -0.4 is 5.32 Å². The number of amidine groups is 1. The van der Waals surface area contributed by atoms with Gasteiger partial charge in [-0.05, 0) is 53.9 Å². The number of thiophene rings is 1. The van der Waals surface area contributed by atoms with Crippen LogP contribution in [-0.2, 0) is 4.79 Å². The van der Waals surface area contributed by atoms with Gasteiger partial charge in [0.15, 0.2) is 5.17 Å². The number of nitrogens with zero attached hydrogens (tertiary/aromatic N) is 1. The molecule has 3 rings (SSSR count). The molecule has 0 bridgehead atoms. The van der Waals surface area contributed by atoms with Crippen molar-refractivity contribution in [1.82, 2.24) is 5.32 Å². The monoisotopic (exact) mass is 316 g/mol. The summed E-state index contributed by atoms with van der Waals surface area (Å²) >= 11 is 2.84. The topological polar surface area (TPSA) is 61.7 Å². The summed E-state index contributed by atoms with van der Waals surface area (Å²) in [6, 6.07) is 9.12. The van der Waals surface area contributed by atoms with Crippen molar-refractivity contribution in [3.05, 3.63) is 51.1 Å². The number of carbonyl (C=O) groups excluding carboxylic acids is 1. The van der Waals surface area contributed by atoms with Gasteiger partial charge in [-0.1, -0.05) is 12.1 Å².